The molecule has 1 aliphatic rings. The lowest BCUT2D eigenvalue weighted by Crippen LogP contribution is -2.31. The number of anilines is 1. The molecule has 1 aromatic heterocycles. The first-order valence-electron chi connectivity index (χ1n) is 16.4. The van der Waals surface area contributed by atoms with Crippen molar-refractivity contribution in [3.63, 3.8) is 0 Å². The number of amides is 2. The fourth-order valence-electron chi connectivity index (χ4n) is 4.90. The number of aryl methyl sites for hydroxylation is 2. The molecule has 1 fully saturated rings. The first-order chi connectivity index (χ1) is 22.3. The summed E-state index contributed by atoms with van der Waals surface area (Å²) >= 11 is 0. The quantitative estimate of drug-likeness (QED) is 0.276. The molecule has 5 rings (SSSR count). The van der Waals surface area contributed by atoms with Crippen molar-refractivity contribution in [1.82, 2.24) is 9.29 Å². The Labute approximate surface area is 249 Å². The summed E-state index contributed by atoms with van der Waals surface area (Å²) in [5.74, 6) is -1.27. The third kappa shape index (κ3) is 6.22. The number of hydrogen-bond donors (Lipinski definition) is 2. The van der Waals surface area contributed by atoms with Crippen LogP contribution < -0.4 is 14.8 Å². The van der Waals surface area contributed by atoms with Crippen molar-refractivity contribution in [2.45, 2.75) is 50.0 Å². The standard InChI is InChI=1S/C31H33N3O6S/c1-20-8-4-7-11-29(20)41(37,38)33-30(35)22-13-12-21(28(17-22)39-3)16-23-19-34(2)27-15-14-24(18-26(23)27)32-31(36)40-25-9-5-6-10-25/h4,7-8,11-15,17-19,25H,5-6,9-10,16H2,1-3H3,(H,32,36)(H,33,35)/i2D3,3D3,25D. The van der Waals surface area contributed by atoms with E-state index in [0.29, 0.717) is 34.9 Å². The van der Waals surface area contributed by atoms with Gasteiger partial charge in [0.15, 0.2) is 0 Å². The van der Waals surface area contributed by atoms with Gasteiger partial charge in [0.1, 0.15) is 11.8 Å². The summed E-state index contributed by atoms with van der Waals surface area (Å²) in [5.41, 5.74) is 1.47. The molecule has 41 heavy (non-hydrogen) atoms. The molecule has 214 valence electrons. The SMILES string of the molecule is [2H]C([2H])([2H])Oc1cc(C(=O)NS(=O)(=O)c2ccccc2C)ccc1Cc1cn(C([2H])([2H])[2H])c2ccc(NC(=O)OC3([2H])CCCC3)cc12. The number of ether oxygens (including phenoxy) is 2. The van der Waals surface area contributed by atoms with Crippen molar-refractivity contribution in [2.24, 2.45) is 6.98 Å². The average molecular weight is 583 g/mol. The lowest BCUT2D eigenvalue weighted by molar-refractivity contribution is 0.0980. The molecule has 9 nitrogen and oxygen atoms in total. The highest BCUT2D eigenvalue weighted by Gasteiger charge is 2.22. The zero-order chi connectivity index (χ0) is 35.1. The van der Waals surface area contributed by atoms with E-state index in [-0.39, 0.29) is 33.9 Å². The smallest absolute Gasteiger partial charge is 0.411 e. The predicted octanol–water partition coefficient (Wildman–Crippen LogP) is 5.70. The first-order valence-corrected chi connectivity index (χ1v) is 14.4. The molecular formula is C31H33N3O6S. The summed E-state index contributed by atoms with van der Waals surface area (Å²) in [5, 5.41) is 3.01. The molecule has 0 unspecified atom stereocenters. The zero-order valence-electron chi connectivity index (χ0n) is 29.2. The Balaban J connectivity index is 1.48. The van der Waals surface area contributed by atoms with E-state index in [1.165, 1.54) is 42.6 Å². The molecular weight excluding hydrogens is 542 g/mol. The normalized spacial score (nSPS) is 17.6. The minimum atomic E-state index is -4.26. The van der Waals surface area contributed by atoms with E-state index in [2.05, 4.69) is 5.32 Å². The number of nitrogens with one attached hydrogen (secondary N) is 2. The number of benzene rings is 3. The molecule has 0 radical (unpaired) electrons. The summed E-state index contributed by atoms with van der Waals surface area (Å²) in [4.78, 5) is 25.6. The van der Waals surface area contributed by atoms with E-state index in [0.717, 1.165) is 23.5 Å². The third-order valence-electron chi connectivity index (χ3n) is 6.96. The van der Waals surface area contributed by atoms with Crippen LogP contribution in [0.4, 0.5) is 10.5 Å². The Hall–Kier alpha value is -4.31. The van der Waals surface area contributed by atoms with Crippen LogP contribution in [-0.2, 0) is 28.2 Å². The van der Waals surface area contributed by atoms with E-state index in [1.807, 2.05) is 4.72 Å². The number of carbonyl (C=O) groups is 2. The maximum atomic E-state index is 13.1. The van der Waals surface area contributed by atoms with Crippen LogP contribution in [0, 0.1) is 6.92 Å². The van der Waals surface area contributed by atoms with Gasteiger partial charge in [-0.15, -0.1) is 0 Å². The number of aromatic nitrogens is 1. The molecule has 3 aromatic carbocycles. The van der Waals surface area contributed by atoms with Crippen molar-refractivity contribution >= 4 is 38.6 Å². The number of fused-ring (bicyclic) bond motifs is 1. The fourth-order valence-corrected chi connectivity index (χ4v) is 6.12. The van der Waals surface area contributed by atoms with Crippen molar-refractivity contribution < 1.29 is 37.1 Å². The monoisotopic (exact) mass is 582 g/mol. The lowest BCUT2D eigenvalue weighted by atomic mass is 10.0. The van der Waals surface area contributed by atoms with Crippen LogP contribution in [0.3, 0.4) is 0 Å². The van der Waals surface area contributed by atoms with Crippen molar-refractivity contribution in [3.05, 3.63) is 89.1 Å². The molecule has 0 aliphatic heterocycles. The molecule has 0 atom stereocenters. The highest BCUT2D eigenvalue weighted by molar-refractivity contribution is 7.90. The van der Waals surface area contributed by atoms with E-state index < -0.39 is 42.1 Å². The Morgan fingerprint density at radius 2 is 1.88 bits per heavy atom. The number of carbonyl (C=O) groups excluding carboxylic acids is 2. The second-order valence-corrected chi connectivity index (χ2v) is 11.5. The van der Waals surface area contributed by atoms with Gasteiger partial charge >= 0.3 is 6.09 Å². The molecule has 1 saturated carbocycles. The molecule has 10 heteroatoms. The van der Waals surface area contributed by atoms with Crippen LogP contribution in [-0.4, -0.2) is 38.1 Å². The molecule has 2 amide bonds. The Kier molecular flexibility index (Phi) is 5.84. The van der Waals surface area contributed by atoms with E-state index in [9.17, 15) is 18.0 Å². The second kappa shape index (κ2) is 11.7. The number of hydrogen-bond acceptors (Lipinski definition) is 6. The lowest BCUT2D eigenvalue weighted by Gasteiger charge is -2.13. The van der Waals surface area contributed by atoms with Crippen molar-refractivity contribution in [2.75, 3.05) is 12.4 Å². The summed E-state index contributed by atoms with van der Waals surface area (Å²) in [6.07, 6.45) is 1.58. The highest BCUT2D eigenvalue weighted by atomic mass is 32.2. The number of rotatable bonds is 8. The maximum absolute atomic E-state index is 13.1. The molecule has 1 heterocycles. The van der Waals surface area contributed by atoms with Crippen LogP contribution in [0.25, 0.3) is 10.9 Å². The maximum Gasteiger partial charge on any atom is 0.411 e. The molecule has 0 saturated heterocycles. The van der Waals surface area contributed by atoms with Crippen molar-refractivity contribution in [3.8, 4) is 5.75 Å². The minimum Gasteiger partial charge on any atom is -0.496 e. The van der Waals surface area contributed by atoms with E-state index >= 15 is 0 Å². The minimum absolute atomic E-state index is 0.0713. The van der Waals surface area contributed by atoms with E-state index in [4.69, 9.17) is 19.1 Å². The molecule has 1 aliphatic carbocycles. The van der Waals surface area contributed by atoms with Crippen molar-refractivity contribution in [1.29, 1.82) is 0 Å². The van der Waals surface area contributed by atoms with E-state index in [1.54, 1.807) is 25.1 Å². The topological polar surface area (TPSA) is 116 Å². The third-order valence-corrected chi connectivity index (χ3v) is 8.45. The summed E-state index contributed by atoms with van der Waals surface area (Å²) in [6.45, 7) is -1.01. The van der Waals surface area contributed by atoms with Crippen LogP contribution in [0.2, 0.25) is 0 Å². The Bertz CT molecular complexity index is 1980. The van der Waals surface area contributed by atoms with Gasteiger partial charge in [-0.3, -0.25) is 10.1 Å². The molecule has 2 N–H and O–H groups in total. The van der Waals surface area contributed by atoms with Crippen LogP contribution in [0.1, 0.15) is 62.3 Å². The zero-order valence-corrected chi connectivity index (χ0v) is 23.0. The summed E-state index contributed by atoms with van der Waals surface area (Å²) in [7, 11) is -7.21. The van der Waals surface area contributed by atoms with Gasteiger partial charge in [-0.2, -0.15) is 0 Å². The summed E-state index contributed by atoms with van der Waals surface area (Å²) < 4.78 is 94.9. The first kappa shape index (κ1) is 20.5. The van der Waals surface area contributed by atoms with Gasteiger partial charge in [0, 0.05) is 45.9 Å². The number of nitrogens with zero attached hydrogens (tertiary/aromatic N) is 1. The Morgan fingerprint density at radius 1 is 1.07 bits per heavy atom. The van der Waals surface area contributed by atoms with Crippen LogP contribution in [0.5, 0.6) is 5.75 Å². The highest BCUT2D eigenvalue weighted by Crippen LogP contribution is 2.30. The van der Waals surface area contributed by atoms with Gasteiger partial charge in [-0.05, 0) is 85.7 Å². The van der Waals surface area contributed by atoms with Gasteiger partial charge < -0.3 is 14.0 Å². The van der Waals surface area contributed by atoms with Gasteiger partial charge in [-0.25, -0.2) is 17.9 Å². The van der Waals surface area contributed by atoms with Crippen LogP contribution >= 0.6 is 0 Å². The summed E-state index contributed by atoms with van der Waals surface area (Å²) in [6, 6.07) is 14.4. The Morgan fingerprint density at radius 3 is 2.63 bits per heavy atom. The average Bonchev–Trinajstić information content (AvgIpc) is 3.56. The van der Waals surface area contributed by atoms with Gasteiger partial charge in [-0.1, -0.05) is 24.3 Å². The fraction of sp³-hybridized carbons (Fsp3) is 0.290. The number of sulfonamides is 1. The number of methoxy groups -OCH3 is 1. The second-order valence-electron chi connectivity index (χ2n) is 9.82. The predicted molar refractivity (Wildman–Crippen MR) is 157 cm³/mol. The molecule has 0 spiro atoms. The van der Waals surface area contributed by atoms with Gasteiger partial charge in [0.05, 0.1) is 17.4 Å². The molecule has 0 bridgehead atoms. The largest absolute Gasteiger partial charge is 0.496 e. The molecule has 4 aromatic rings. The van der Waals surface area contributed by atoms with Gasteiger partial charge in [0.2, 0.25) is 0 Å². The van der Waals surface area contributed by atoms with Crippen LogP contribution in [0.15, 0.2) is 71.8 Å². The van der Waals surface area contributed by atoms with Gasteiger partial charge in [0.25, 0.3) is 15.9 Å².